The average molecular weight is 335 g/mol. The summed E-state index contributed by atoms with van der Waals surface area (Å²) in [6, 6.07) is 1.09. The summed E-state index contributed by atoms with van der Waals surface area (Å²) in [6.07, 6.45) is 1.77. The molecular formula is C16H12F3N3O2. The predicted molar refractivity (Wildman–Crippen MR) is 80.3 cm³/mol. The first kappa shape index (κ1) is 14.8. The van der Waals surface area contributed by atoms with E-state index in [9.17, 15) is 23.1 Å². The molecule has 0 radical (unpaired) electrons. The number of H-pyrrole nitrogens is 1. The van der Waals surface area contributed by atoms with E-state index in [0.29, 0.717) is 17.8 Å². The Labute approximate surface area is 133 Å². The van der Waals surface area contributed by atoms with Gasteiger partial charge in [0.2, 0.25) is 5.43 Å². The summed E-state index contributed by atoms with van der Waals surface area (Å²) in [6.45, 7) is 1.62. The van der Waals surface area contributed by atoms with Crippen molar-refractivity contribution in [1.29, 1.82) is 0 Å². The van der Waals surface area contributed by atoms with Crippen molar-refractivity contribution in [2.75, 3.05) is 0 Å². The number of nitrogens with one attached hydrogen (secondary N) is 1. The van der Waals surface area contributed by atoms with Crippen molar-refractivity contribution in [3.05, 3.63) is 45.5 Å². The predicted octanol–water partition coefficient (Wildman–Crippen LogP) is 3.16. The molecule has 2 aromatic heterocycles. The highest BCUT2D eigenvalue weighted by atomic mass is 19.1. The Hall–Kier alpha value is -2.77. The lowest BCUT2D eigenvalue weighted by molar-refractivity contribution is 0.469. The molecule has 1 aliphatic rings. The minimum atomic E-state index is -1.22. The van der Waals surface area contributed by atoms with Gasteiger partial charge in [-0.05, 0) is 19.8 Å². The first-order valence-electron chi connectivity index (χ1n) is 7.37. The van der Waals surface area contributed by atoms with E-state index >= 15 is 0 Å². The summed E-state index contributed by atoms with van der Waals surface area (Å²) in [5, 5.41) is 14.6. The quantitative estimate of drug-likeness (QED) is 0.756. The molecule has 3 aromatic rings. The van der Waals surface area contributed by atoms with Gasteiger partial charge < -0.3 is 10.1 Å². The minimum Gasteiger partial charge on any atom is -0.503 e. The van der Waals surface area contributed by atoms with E-state index in [4.69, 9.17) is 0 Å². The van der Waals surface area contributed by atoms with Crippen molar-refractivity contribution in [1.82, 2.24) is 14.8 Å². The second-order valence-electron chi connectivity index (χ2n) is 5.91. The Balaban J connectivity index is 2.09. The van der Waals surface area contributed by atoms with E-state index < -0.39 is 39.9 Å². The zero-order chi connectivity index (χ0) is 17.2. The number of aryl methyl sites for hydroxylation is 1. The van der Waals surface area contributed by atoms with Crippen LogP contribution < -0.4 is 5.43 Å². The average Bonchev–Trinajstić information content (AvgIpc) is 3.27. The third-order valence-corrected chi connectivity index (χ3v) is 4.16. The lowest BCUT2D eigenvalue weighted by Gasteiger charge is -2.09. The van der Waals surface area contributed by atoms with E-state index in [2.05, 4.69) is 10.1 Å². The van der Waals surface area contributed by atoms with Crippen molar-refractivity contribution in [3.63, 3.8) is 0 Å². The number of benzene rings is 1. The van der Waals surface area contributed by atoms with E-state index in [-0.39, 0.29) is 17.1 Å². The number of aromatic amines is 1. The van der Waals surface area contributed by atoms with Gasteiger partial charge in [-0.1, -0.05) is 0 Å². The molecule has 1 aliphatic carbocycles. The summed E-state index contributed by atoms with van der Waals surface area (Å²) in [4.78, 5) is 15.2. The second kappa shape index (κ2) is 4.86. The van der Waals surface area contributed by atoms with Gasteiger partial charge >= 0.3 is 0 Å². The van der Waals surface area contributed by atoms with Gasteiger partial charge in [0, 0.05) is 12.1 Å². The van der Waals surface area contributed by atoms with Crippen LogP contribution >= 0.6 is 0 Å². The highest BCUT2D eigenvalue weighted by Gasteiger charge is 2.30. The van der Waals surface area contributed by atoms with E-state index in [1.165, 1.54) is 0 Å². The molecule has 5 nitrogen and oxygen atoms in total. The maximum atomic E-state index is 14.0. The minimum absolute atomic E-state index is 0.108. The van der Waals surface area contributed by atoms with Gasteiger partial charge in [-0.2, -0.15) is 5.10 Å². The van der Waals surface area contributed by atoms with Gasteiger partial charge in [0.1, 0.15) is 23.1 Å². The van der Waals surface area contributed by atoms with Crippen LogP contribution in [-0.2, 0) is 0 Å². The molecule has 8 heteroatoms. The summed E-state index contributed by atoms with van der Waals surface area (Å²) in [5.74, 6) is -4.35. The molecule has 0 amide bonds. The molecule has 0 atom stereocenters. The first-order chi connectivity index (χ1) is 11.4. The Bertz CT molecular complexity index is 1030. The third-order valence-electron chi connectivity index (χ3n) is 4.16. The number of aromatic nitrogens is 3. The molecule has 1 saturated carbocycles. The van der Waals surface area contributed by atoms with Crippen molar-refractivity contribution >= 4 is 11.0 Å². The zero-order valence-corrected chi connectivity index (χ0v) is 12.5. The fourth-order valence-corrected chi connectivity index (χ4v) is 2.89. The normalized spacial score (nSPS) is 14.5. The second-order valence-corrected chi connectivity index (χ2v) is 5.91. The van der Waals surface area contributed by atoms with Crippen LogP contribution in [0.2, 0.25) is 0 Å². The van der Waals surface area contributed by atoms with Gasteiger partial charge in [0.25, 0.3) is 0 Å². The van der Waals surface area contributed by atoms with Gasteiger partial charge in [-0.3, -0.25) is 4.79 Å². The van der Waals surface area contributed by atoms with Crippen LogP contribution in [0.1, 0.15) is 24.6 Å². The smallest absolute Gasteiger partial charge is 0.235 e. The molecule has 0 saturated heterocycles. The van der Waals surface area contributed by atoms with Gasteiger partial charge in [0.05, 0.1) is 28.4 Å². The van der Waals surface area contributed by atoms with Crippen molar-refractivity contribution in [2.45, 2.75) is 25.8 Å². The van der Waals surface area contributed by atoms with Crippen molar-refractivity contribution in [3.8, 4) is 17.0 Å². The number of pyridine rings is 1. The van der Waals surface area contributed by atoms with E-state index in [0.717, 1.165) is 12.8 Å². The van der Waals surface area contributed by atoms with Gasteiger partial charge in [-0.15, -0.1) is 0 Å². The standard InChI is InChI=1S/C16H12F3N3O2/c1-6-11-14(23)15(24)13(12-9(18)4-7(17)5-10(12)19)20-16(11)22(21-6)8-2-3-8/h4-5,8,24H,2-3H2,1H3,(H,20,23). The maximum Gasteiger partial charge on any atom is 0.235 e. The Morgan fingerprint density at radius 2 is 1.88 bits per heavy atom. The lowest BCUT2D eigenvalue weighted by atomic mass is 10.1. The molecule has 24 heavy (non-hydrogen) atoms. The first-order valence-corrected chi connectivity index (χ1v) is 7.37. The number of halogens is 3. The highest BCUT2D eigenvalue weighted by Crippen LogP contribution is 2.38. The molecule has 0 aliphatic heterocycles. The highest BCUT2D eigenvalue weighted by molar-refractivity contribution is 5.84. The van der Waals surface area contributed by atoms with Crippen molar-refractivity contribution in [2.24, 2.45) is 0 Å². The van der Waals surface area contributed by atoms with E-state index in [1.54, 1.807) is 11.6 Å². The topological polar surface area (TPSA) is 70.9 Å². The van der Waals surface area contributed by atoms with Crippen LogP contribution in [0.15, 0.2) is 16.9 Å². The summed E-state index contributed by atoms with van der Waals surface area (Å²) < 4.78 is 42.8. The largest absolute Gasteiger partial charge is 0.503 e. The SMILES string of the molecule is Cc1nn(C2CC2)c2[nH]c(-c3c(F)cc(F)cc3F)c(O)c(=O)c12. The molecule has 0 spiro atoms. The maximum absolute atomic E-state index is 14.0. The fourth-order valence-electron chi connectivity index (χ4n) is 2.89. The molecule has 1 aromatic carbocycles. The van der Waals surface area contributed by atoms with E-state index in [1.807, 2.05) is 0 Å². The molecular weight excluding hydrogens is 323 g/mol. The molecule has 0 bridgehead atoms. The Morgan fingerprint density at radius 1 is 1.25 bits per heavy atom. The van der Waals surface area contributed by atoms with Crippen LogP contribution in [0, 0.1) is 24.4 Å². The van der Waals surface area contributed by atoms with Crippen molar-refractivity contribution < 1.29 is 18.3 Å². The number of aromatic hydroxyl groups is 1. The Morgan fingerprint density at radius 3 is 2.46 bits per heavy atom. The summed E-state index contributed by atoms with van der Waals surface area (Å²) >= 11 is 0. The number of fused-ring (bicyclic) bond motifs is 1. The Kier molecular flexibility index (Phi) is 3.00. The van der Waals surface area contributed by atoms with Gasteiger partial charge in [0.15, 0.2) is 5.75 Å². The monoisotopic (exact) mass is 335 g/mol. The molecule has 1 fully saturated rings. The van der Waals surface area contributed by atoms with Crippen LogP contribution in [0.25, 0.3) is 22.3 Å². The molecule has 2 heterocycles. The molecule has 124 valence electrons. The number of hydrogen-bond acceptors (Lipinski definition) is 3. The number of hydrogen-bond donors (Lipinski definition) is 2. The third kappa shape index (κ3) is 2.02. The van der Waals surface area contributed by atoms with Crippen LogP contribution in [-0.4, -0.2) is 19.9 Å². The zero-order valence-electron chi connectivity index (χ0n) is 12.5. The molecule has 0 unspecified atom stereocenters. The summed E-state index contributed by atoms with van der Waals surface area (Å²) in [7, 11) is 0. The molecule has 4 rings (SSSR count). The van der Waals surface area contributed by atoms with Crippen LogP contribution in [0.4, 0.5) is 13.2 Å². The molecule has 2 N–H and O–H groups in total. The summed E-state index contributed by atoms with van der Waals surface area (Å²) in [5.41, 5.74) is -1.18. The van der Waals surface area contributed by atoms with Crippen LogP contribution in [0.3, 0.4) is 0 Å². The van der Waals surface area contributed by atoms with Gasteiger partial charge in [-0.25, -0.2) is 17.9 Å². The lowest BCUT2D eigenvalue weighted by Crippen LogP contribution is -2.08. The number of rotatable bonds is 2. The number of nitrogens with zero attached hydrogens (tertiary/aromatic N) is 2. The van der Waals surface area contributed by atoms with Crippen LogP contribution in [0.5, 0.6) is 5.75 Å². The fraction of sp³-hybridized carbons (Fsp3) is 0.250.